The normalized spacial score (nSPS) is 14.6. The second-order valence-electron chi connectivity index (χ2n) is 17.1. The van der Waals surface area contributed by atoms with E-state index in [9.17, 15) is 0 Å². The number of hydrogen-bond acceptors (Lipinski definition) is 4. The molecule has 0 amide bonds. The number of rotatable bonds is 7. The van der Waals surface area contributed by atoms with Crippen molar-refractivity contribution in [3.63, 3.8) is 0 Å². The van der Waals surface area contributed by atoms with Gasteiger partial charge in [-0.05, 0) is 91.6 Å². The third-order valence-electron chi connectivity index (χ3n) is 11.5. The predicted octanol–water partition coefficient (Wildman–Crippen LogP) is 12.7. The van der Waals surface area contributed by atoms with Crippen molar-refractivity contribution in [1.29, 1.82) is 0 Å². The molecule has 7 aromatic rings. The summed E-state index contributed by atoms with van der Waals surface area (Å²) in [5.74, 6) is 1.39. The first kappa shape index (κ1) is 40.0. The number of nitrogens with zero attached hydrogens (tertiary/aromatic N) is 3. The summed E-state index contributed by atoms with van der Waals surface area (Å²) in [6.07, 6.45) is 16.7. The van der Waals surface area contributed by atoms with Crippen molar-refractivity contribution in [2.45, 2.75) is 104 Å². The van der Waals surface area contributed by atoms with E-state index in [1.165, 1.54) is 77.9 Å². The average molecular weight is 932 g/mol. The monoisotopic (exact) mass is 932 g/mol. The smallest absolute Gasteiger partial charge is 0.216 e. The van der Waals surface area contributed by atoms with Gasteiger partial charge in [-0.1, -0.05) is 117 Å². The molecule has 0 N–H and O–H groups in total. The number of aromatic nitrogens is 3. The van der Waals surface area contributed by atoms with Gasteiger partial charge in [0.1, 0.15) is 0 Å². The number of hydrogen-bond donors (Lipinski definition) is 0. The maximum Gasteiger partial charge on any atom is 0.216 e. The van der Waals surface area contributed by atoms with Crippen molar-refractivity contribution < 1.29 is 24.5 Å². The van der Waals surface area contributed by atoms with Crippen LogP contribution in [-0.2, 0) is 39.4 Å². The molecule has 4 heterocycles. The van der Waals surface area contributed by atoms with Crippen LogP contribution in [0.25, 0.3) is 55.8 Å². The van der Waals surface area contributed by atoms with Crippen LogP contribution in [0.4, 0.5) is 0 Å². The molecule has 0 atom stereocenters. The molecule has 0 unspecified atom stereocenters. The summed E-state index contributed by atoms with van der Waals surface area (Å²) < 4.78 is 6.31. The van der Waals surface area contributed by atoms with E-state index in [1.54, 1.807) is 0 Å². The molecule has 9 rings (SSSR count). The predicted molar refractivity (Wildman–Crippen MR) is 232 cm³/mol. The summed E-state index contributed by atoms with van der Waals surface area (Å²) in [5, 5.41) is 3.61. The Balaban J connectivity index is 0.000000170. The van der Waals surface area contributed by atoms with Crippen LogP contribution in [0.1, 0.15) is 87.0 Å². The van der Waals surface area contributed by atoms with Gasteiger partial charge in [-0.15, -0.1) is 53.6 Å². The Morgan fingerprint density at radius 1 is 0.786 bits per heavy atom. The van der Waals surface area contributed by atoms with Crippen molar-refractivity contribution in [3.05, 3.63) is 132 Å². The van der Waals surface area contributed by atoms with Gasteiger partial charge in [0.05, 0.1) is 19.4 Å². The van der Waals surface area contributed by atoms with Crippen LogP contribution in [0, 0.1) is 18.1 Å². The van der Waals surface area contributed by atoms with Crippen molar-refractivity contribution in [3.8, 4) is 33.8 Å². The molecular formula is C50H53IrN3OSi-2. The molecule has 4 nitrogen and oxygen atoms in total. The van der Waals surface area contributed by atoms with Crippen LogP contribution in [-0.4, -0.2) is 23.0 Å². The fourth-order valence-corrected chi connectivity index (χ4v) is 10.3. The van der Waals surface area contributed by atoms with E-state index in [-0.39, 0.29) is 20.1 Å². The quantitative estimate of drug-likeness (QED) is 0.118. The summed E-state index contributed by atoms with van der Waals surface area (Å²) >= 11 is 0. The minimum absolute atomic E-state index is 0. The van der Waals surface area contributed by atoms with Gasteiger partial charge < -0.3 is 14.4 Å². The van der Waals surface area contributed by atoms with E-state index in [0.29, 0.717) is 11.6 Å². The average Bonchev–Trinajstić information content (AvgIpc) is 3.59. The summed E-state index contributed by atoms with van der Waals surface area (Å²) in [6, 6.07) is 36.5. The van der Waals surface area contributed by atoms with Gasteiger partial charge in [0, 0.05) is 43.4 Å². The van der Waals surface area contributed by atoms with Crippen LogP contribution >= 0.6 is 0 Å². The summed E-state index contributed by atoms with van der Waals surface area (Å²) in [4.78, 5) is 14.4. The molecule has 56 heavy (non-hydrogen) atoms. The van der Waals surface area contributed by atoms with Gasteiger partial charge in [-0.3, -0.25) is 0 Å². The largest absolute Gasteiger partial charge is 0.486 e. The first-order chi connectivity index (χ1) is 26.7. The molecule has 0 bridgehead atoms. The molecule has 2 aliphatic carbocycles. The molecule has 1 radical (unpaired) electrons. The SMILES string of the molecule is CC(C)Cc1cc(-c2[c-]ccc(C3CCCCC3)c2)ncc1[Si](C)(C)C.[Ir].[c-]1ccc2c(oc3nc(-c4ccccc4)ccc32)c1-c1nccc2c1CCCC2. The Morgan fingerprint density at radius 2 is 1.57 bits per heavy atom. The maximum absolute atomic E-state index is 6.31. The topological polar surface area (TPSA) is 51.8 Å². The van der Waals surface area contributed by atoms with Gasteiger partial charge in [0.2, 0.25) is 5.71 Å². The summed E-state index contributed by atoms with van der Waals surface area (Å²) in [7, 11) is -1.38. The van der Waals surface area contributed by atoms with E-state index in [0.717, 1.165) is 69.7 Å². The van der Waals surface area contributed by atoms with Crippen molar-refractivity contribution in [2.75, 3.05) is 0 Å². The zero-order chi connectivity index (χ0) is 37.9. The molecule has 0 saturated heterocycles. The van der Waals surface area contributed by atoms with Crippen LogP contribution in [0.5, 0.6) is 0 Å². The van der Waals surface area contributed by atoms with Crippen molar-refractivity contribution in [1.82, 2.24) is 15.0 Å². The molecular weight excluding hydrogens is 879 g/mol. The number of pyridine rings is 3. The van der Waals surface area contributed by atoms with Gasteiger partial charge in [0.15, 0.2) is 0 Å². The molecule has 0 aliphatic heterocycles. The Hall–Kier alpha value is -4.22. The van der Waals surface area contributed by atoms with Crippen molar-refractivity contribution >= 4 is 35.3 Å². The van der Waals surface area contributed by atoms with E-state index >= 15 is 0 Å². The molecule has 1 fully saturated rings. The Labute approximate surface area is 348 Å². The summed E-state index contributed by atoms with van der Waals surface area (Å²) in [5.41, 5.74) is 13.4. The van der Waals surface area contributed by atoms with E-state index in [2.05, 4.69) is 112 Å². The number of furan rings is 1. The van der Waals surface area contributed by atoms with Crippen LogP contribution in [0.15, 0.2) is 102 Å². The third kappa shape index (κ3) is 8.68. The van der Waals surface area contributed by atoms with Crippen molar-refractivity contribution in [2.24, 2.45) is 5.92 Å². The maximum atomic E-state index is 6.31. The molecule has 6 heteroatoms. The zero-order valence-electron chi connectivity index (χ0n) is 33.5. The van der Waals surface area contributed by atoms with Gasteiger partial charge in [-0.25, -0.2) is 4.98 Å². The Morgan fingerprint density at radius 3 is 2.36 bits per heavy atom. The van der Waals surface area contributed by atoms with Gasteiger partial charge in [-0.2, -0.15) is 0 Å². The van der Waals surface area contributed by atoms with Crippen LogP contribution in [0.2, 0.25) is 19.6 Å². The standard InChI is InChI=1S/C26H19N2O.C24H34NSi.Ir/c1-2-8-18(9-3-1)23-14-13-21-20-11-6-12-22(25(20)29-26(21)28-23)24-19-10-5-4-7-17(19)15-16-27-24;1-18(2)14-22-16-23(25-17-24(22)26(3,4)5)21-13-9-12-20(15-21)19-10-7-6-8-11-19;/h1-3,6,8-9,11,13-16H,4-5,7,10H2;9,12,15-19H,6-8,10-11,14H2,1-5H3;/q2*-1;. The minimum atomic E-state index is -1.38. The molecule has 1 saturated carbocycles. The summed E-state index contributed by atoms with van der Waals surface area (Å²) in [6.45, 7) is 11.9. The fraction of sp³-hybridized carbons (Fsp3) is 0.340. The van der Waals surface area contributed by atoms with E-state index in [4.69, 9.17) is 19.4 Å². The molecule has 289 valence electrons. The second kappa shape index (κ2) is 17.5. The zero-order valence-corrected chi connectivity index (χ0v) is 36.9. The Kier molecular flexibility index (Phi) is 12.5. The van der Waals surface area contributed by atoms with Crippen LogP contribution < -0.4 is 5.19 Å². The first-order valence-corrected chi connectivity index (χ1v) is 24.0. The van der Waals surface area contributed by atoms with Gasteiger partial charge >= 0.3 is 0 Å². The van der Waals surface area contributed by atoms with E-state index < -0.39 is 8.07 Å². The number of benzene rings is 3. The Bertz CT molecular complexity index is 2420. The molecule has 0 spiro atoms. The first-order valence-electron chi connectivity index (χ1n) is 20.5. The van der Waals surface area contributed by atoms with Gasteiger partial charge in [0.25, 0.3) is 0 Å². The van der Waals surface area contributed by atoms with Crippen LogP contribution in [0.3, 0.4) is 0 Å². The minimum Gasteiger partial charge on any atom is -0.486 e. The number of aryl methyl sites for hydroxylation is 1. The van der Waals surface area contributed by atoms with E-state index in [1.807, 2.05) is 30.5 Å². The fourth-order valence-electron chi connectivity index (χ4n) is 8.70. The molecule has 4 aromatic heterocycles. The molecule has 3 aromatic carbocycles. The molecule has 2 aliphatic rings. The third-order valence-corrected chi connectivity index (χ3v) is 13.6. The second-order valence-corrected chi connectivity index (χ2v) is 22.1. The number of fused-ring (bicyclic) bond motifs is 4.